The summed E-state index contributed by atoms with van der Waals surface area (Å²) in [6, 6.07) is 11.5. The van der Waals surface area contributed by atoms with E-state index < -0.39 is 40.7 Å². The highest BCUT2D eigenvalue weighted by atomic mass is 79.9. The van der Waals surface area contributed by atoms with Crippen LogP contribution in [-0.2, 0) is 23.8 Å². The van der Waals surface area contributed by atoms with Gasteiger partial charge in [0.05, 0.1) is 13.2 Å². The third kappa shape index (κ3) is 9.86. The van der Waals surface area contributed by atoms with Gasteiger partial charge < -0.3 is 28.2 Å². The predicted molar refractivity (Wildman–Crippen MR) is 190 cm³/mol. The molecule has 2 unspecified atom stereocenters. The lowest BCUT2D eigenvalue weighted by Crippen LogP contribution is -2.33. The first-order valence-corrected chi connectivity index (χ1v) is 16.0. The molecule has 1 aliphatic carbocycles. The van der Waals surface area contributed by atoms with Gasteiger partial charge in [-0.3, -0.25) is 0 Å². The third-order valence-corrected chi connectivity index (χ3v) is 7.51. The minimum Gasteiger partial charge on any atom is -0.477 e. The number of carboxylic acids is 1. The monoisotopic (exact) mass is 788 g/mol. The lowest BCUT2D eigenvalue weighted by atomic mass is 9.92. The molecule has 4 aromatic rings. The zero-order valence-corrected chi connectivity index (χ0v) is 29.1. The summed E-state index contributed by atoms with van der Waals surface area (Å²) in [5, 5.41) is 16.5. The molecule has 53 heavy (non-hydrogen) atoms. The van der Waals surface area contributed by atoms with Crippen molar-refractivity contribution in [1.29, 1.82) is 0 Å². The number of aromatic carboxylic acids is 1. The van der Waals surface area contributed by atoms with E-state index in [0.717, 1.165) is 4.48 Å². The molecule has 2 aliphatic rings. The second-order valence-corrected chi connectivity index (χ2v) is 11.3. The maximum Gasteiger partial charge on any atom is 0.351 e. The van der Waals surface area contributed by atoms with E-state index in [0.29, 0.717) is 16.5 Å². The minimum atomic E-state index is -1.35. The number of carboxylic acid groups (broad SMARTS) is 1. The lowest BCUT2D eigenvalue weighted by Gasteiger charge is -2.27. The SMILES string of the molecule is CCOC(=O)C1=CC2C=CC(Br)=CC2OC1=O.CCOC(=O)c1cc2ccc(N=[N+]=[N-])cc2oc1=O.[N-]=[N+]=Nc1ccc2cc(C(=O)O)c(=O)oc2c1. The first-order valence-electron chi connectivity index (χ1n) is 15.2. The highest BCUT2D eigenvalue weighted by Crippen LogP contribution is 2.29. The Morgan fingerprint density at radius 3 is 1.87 bits per heavy atom. The number of allylic oxidation sites excluding steroid dienone is 2. The highest BCUT2D eigenvalue weighted by Gasteiger charge is 2.34. The fourth-order valence-corrected chi connectivity index (χ4v) is 5.05. The molecular weight excluding hydrogens is 764 g/mol. The number of ether oxygens (including phenoxy) is 3. The molecular formula is C34H25BrN6O12. The van der Waals surface area contributed by atoms with Gasteiger partial charge >= 0.3 is 35.1 Å². The molecule has 270 valence electrons. The van der Waals surface area contributed by atoms with Gasteiger partial charge in [0.2, 0.25) is 0 Å². The number of carbonyl (C=O) groups is 4. The number of hydrogen-bond donors (Lipinski definition) is 1. The fraction of sp³-hybridized carbons (Fsp3) is 0.176. The van der Waals surface area contributed by atoms with Gasteiger partial charge in [-0.25, -0.2) is 28.8 Å². The molecule has 1 aliphatic heterocycles. The van der Waals surface area contributed by atoms with Crippen molar-refractivity contribution in [2.75, 3.05) is 13.2 Å². The van der Waals surface area contributed by atoms with Crippen LogP contribution in [-0.4, -0.2) is 48.3 Å². The average molecular weight is 790 g/mol. The number of nitrogens with zero attached hydrogens (tertiary/aromatic N) is 6. The normalized spacial score (nSPS) is 15.3. The number of fused-ring (bicyclic) bond motifs is 3. The van der Waals surface area contributed by atoms with Crippen LogP contribution in [0.15, 0.2) is 112 Å². The molecule has 3 heterocycles. The molecule has 0 saturated heterocycles. The Morgan fingerprint density at radius 2 is 1.34 bits per heavy atom. The number of benzene rings is 2. The van der Waals surface area contributed by atoms with Crippen molar-refractivity contribution in [3.63, 3.8) is 0 Å². The summed E-state index contributed by atoms with van der Waals surface area (Å²) in [5.41, 5.74) is 15.2. The van der Waals surface area contributed by atoms with Crippen molar-refractivity contribution in [3.8, 4) is 0 Å². The summed E-state index contributed by atoms with van der Waals surface area (Å²) in [7, 11) is 0. The lowest BCUT2D eigenvalue weighted by molar-refractivity contribution is -0.150. The number of rotatable bonds is 7. The first kappa shape index (κ1) is 38.9. The number of halogens is 1. The zero-order chi connectivity index (χ0) is 38.7. The van der Waals surface area contributed by atoms with Gasteiger partial charge in [0.25, 0.3) is 0 Å². The van der Waals surface area contributed by atoms with Crippen molar-refractivity contribution in [3.05, 3.63) is 136 Å². The summed E-state index contributed by atoms with van der Waals surface area (Å²) in [6.45, 7) is 3.74. The Kier molecular flexibility index (Phi) is 13.1. The van der Waals surface area contributed by atoms with Crippen LogP contribution in [0.3, 0.4) is 0 Å². The molecule has 0 spiro atoms. The van der Waals surface area contributed by atoms with E-state index in [4.69, 9.17) is 39.2 Å². The summed E-state index contributed by atoms with van der Waals surface area (Å²) < 4.78 is 25.4. The van der Waals surface area contributed by atoms with Crippen molar-refractivity contribution in [2.24, 2.45) is 16.1 Å². The molecule has 2 aromatic heterocycles. The van der Waals surface area contributed by atoms with E-state index in [2.05, 4.69) is 36.0 Å². The van der Waals surface area contributed by atoms with Crippen LogP contribution in [0.2, 0.25) is 0 Å². The van der Waals surface area contributed by atoms with Crippen LogP contribution < -0.4 is 11.3 Å². The Hall–Kier alpha value is -6.94. The minimum absolute atomic E-state index is 0.0239. The highest BCUT2D eigenvalue weighted by molar-refractivity contribution is 9.11. The summed E-state index contributed by atoms with van der Waals surface area (Å²) in [4.78, 5) is 73.5. The average Bonchev–Trinajstić information content (AvgIpc) is 3.11. The van der Waals surface area contributed by atoms with Crippen molar-refractivity contribution in [1.82, 2.24) is 0 Å². The number of hydrogen-bond acceptors (Lipinski definition) is 13. The third-order valence-electron chi connectivity index (χ3n) is 6.98. The smallest absolute Gasteiger partial charge is 0.351 e. The molecule has 2 aromatic carbocycles. The van der Waals surface area contributed by atoms with E-state index in [-0.39, 0.29) is 53.2 Å². The molecule has 0 radical (unpaired) electrons. The summed E-state index contributed by atoms with van der Waals surface area (Å²) in [6.07, 6.45) is 6.78. The molecule has 0 fully saturated rings. The quantitative estimate of drug-likeness (QED) is 0.0370. The Morgan fingerprint density at radius 1 is 0.811 bits per heavy atom. The standard InChI is InChI=1S/C12H11BrO4.C12H9N3O4.C10H5N3O4/c1-2-16-11(14)9-5-7-3-4-8(13)6-10(7)17-12(9)15;1-2-18-11(16)9-5-7-3-4-8(14-15-13)6-10(7)19-12(9)17;11-13-12-6-2-1-5-3-7(9(14)15)10(16)17-8(5)4-6/h3-7,10H,2H2,1H3;3-6H,2H2,1H3;1-4H,(H,14,15). The van der Waals surface area contributed by atoms with Gasteiger partial charge in [0, 0.05) is 42.4 Å². The maximum atomic E-state index is 11.6. The maximum absolute atomic E-state index is 11.6. The molecule has 1 N–H and O–H groups in total. The topological polar surface area (TPSA) is 274 Å². The largest absolute Gasteiger partial charge is 0.477 e. The molecule has 0 saturated carbocycles. The predicted octanol–water partition coefficient (Wildman–Crippen LogP) is 7.21. The van der Waals surface area contributed by atoms with Crippen LogP contribution >= 0.6 is 15.9 Å². The molecule has 2 atom stereocenters. The van der Waals surface area contributed by atoms with E-state index in [9.17, 15) is 28.8 Å². The summed E-state index contributed by atoms with van der Waals surface area (Å²) >= 11 is 3.31. The van der Waals surface area contributed by atoms with E-state index >= 15 is 0 Å². The van der Waals surface area contributed by atoms with E-state index in [1.54, 1.807) is 38.1 Å². The van der Waals surface area contributed by atoms with Crippen molar-refractivity contribution in [2.45, 2.75) is 20.0 Å². The first-order chi connectivity index (χ1) is 25.4. The van der Waals surface area contributed by atoms with Crippen LogP contribution in [0.5, 0.6) is 0 Å². The van der Waals surface area contributed by atoms with Crippen molar-refractivity contribution >= 4 is 73.1 Å². The Labute approximate surface area is 304 Å². The van der Waals surface area contributed by atoms with Gasteiger partial charge in [-0.1, -0.05) is 68.7 Å². The fourth-order valence-electron chi connectivity index (χ4n) is 4.63. The number of esters is 3. The van der Waals surface area contributed by atoms with Crippen LogP contribution in [0.25, 0.3) is 42.8 Å². The van der Waals surface area contributed by atoms with Gasteiger partial charge in [-0.2, -0.15) is 0 Å². The number of carbonyl (C=O) groups excluding carboxylic acids is 3. The molecule has 18 nitrogen and oxygen atoms in total. The molecule has 19 heteroatoms. The van der Waals surface area contributed by atoms with Gasteiger partial charge in [0.1, 0.15) is 34.0 Å². The van der Waals surface area contributed by atoms with Gasteiger partial charge in [-0.15, -0.1) is 0 Å². The second kappa shape index (κ2) is 17.8. The molecule has 6 rings (SSSR count). The van der Waals surface area contributed by atoms with Gasteiger partial charge in [0.15, 0.2) is 0 Å². The summed E-state index contributed by atoms with van der Waals surface area (Å²) in [5.74, 6) is -3.43. The Bertz CT molecular complexity index is 2440. The zero-order valence-electron chi connectivity index (χ0n) is 27.5. The molecule has 0 amide bonds. The number of azide groups is 2. The van der Waals surface area contributed by atoms with E-state index in [1.165, 1.54) is 36.4 Å². The van der Waals surface area contributed by atoms with Crippen molar-refractivity contribution < 1.29 is 47.3 Å². The van der Waals surface area contributed by atoms with Gasteiger partial charge in [-0.05, 0) is 55.3 Å². The van der Waals surface area contributed by atoms with Crippen LogP contribution in [0.4, 0.5) is 11.4 Å². The molecule has 0 bridgehead atoms. The van der Waals surface area contributed by atoms with Crippen LogP contribution in [0, 0.1) is 5.92 Å². The van der Waals surface area contributed by atoms with Crippen LogP contribution in [0.1, 0.15) is 34.6 Å². The Balaban J connectivity index is 0.000000178. The van der Waals surface area contributed by atoms with E-state index in [1.807, 2.05) is 12.2 Å². The second-order valence-electron chi connectivity index (χ2n) is 10.4.